The highest BCUT2D eigenvalue weighted by molar-refractivity contribution is 5.90. The Kier molecular flexibility index (Phi) is 5.58. The fraction of sp³-hybridized carbons (Fsp3) is 0.231. The molecule has 0 bridgehead atoms. The molecule has 9 nitrogen and oxygen atoms in total. The number of hydrogen-bond acceptors (Lipinski definition) is 7. The lowest BCUT2D eigenvalue weighted by atomic mass is 9.96. The average molecular weight is 312 g/mol. The highest BCUT2D eigenvalue weighted by atomic mass is 17.2. The van der Waals surface area contributed by atoms with Gasteiger partial charge in [-0.2, -0.15) is 0 Å². The Bertz CT molecular complexity index is 580. The number of aliphatic carboxylic acids is 2. The summed E-state index contributed by atoms with van der Waals surface area (Å²) in [5.41, 5.74) is -2.78. The summed E-state index contributed by atoms with van der Waals surface area (Å²) in [6.07, 6.45) is -2.42. The summed E-state index contributed by atoms with van der Waals surface area (Å²) in [6, 6.07) is 7.48. The van der Waals surface area contributed by atoms with E-state index in [1.807, 2.05) is 0 Å². The molecule has 0 spiro atoms. The number of aliphatic hydroxyl groups is 1. The first-order chi connectivity index (χ1) is 10.2. The standard InChI is InChI=1S/C13H12O9/c14-9(15)6-13(20,12(18)19)7-10(16)21-22-11(17)8-4-2-1-3-5-8/h1-5,20H,6-7H2,(H,14,15)(H,18,19). The molecule has 0 aliphatic carbocycles. The molecule has 0 aliphatic rings. The molecular weight excluding hydrogens is 300 g/mol. The monoisotopic (exact) mass is 312 g/mol. The minimum atomic E-state index is -2.86. The van der Waals surface area contributed by atoms with Gasteiger partial charge < -0.3 is 15.3 Å². The lowest BCUT2D eigenvalue weighted by Crippen LogP contribution is -2.43. The summed E-state index contributed by atoms with van der Waals surface area (Å²) in [5, 5.41) is 26.9. The van der Waals surface area contributed by atoms with E-state index in [2.05, 4.69) is 9.78 Å². The SMILES string of the molecule is O=C(O)CC(O)(CC(=O)OOC(=O)c1ccccc1)C(=O)O. The third kappa shape index (κ3) is 4.87. The molecule has 1 aromatic rings. The van der Waals surface area contributed by atoms with Crippen LogP contribution in [0, 0.1) is 0 Å². The van der Waals surface area contributed by atoms with Gasteiger partial charge in [0.2, 0.25) is 0 Å². The molecule has 0 amide bonds. The van der Waals surface area contributed by atoms with Crippen LogP contribution in [0.2, 0.25) is 0 Å². The summed E-state index contributed by atoms with van der Waals surface area (Å²) >= 11 is 0. The average Bonchev–Trinajstić information content (AvgIpc) is 2.44. The van der Waals surface area contributed by atoms with E-state index in [0.717, 1.165) is 0 Å². The summed E-state index contributed by atoms with van der Waals surface area (Å²) in [5.74, 6) is -5.96. The fourth-order valence-corrected chi connectivity index (χ4v) is 1.44. The largest absolute Gasteiger partial charge is 0.481 e. The van der Waals surface area contributed by atoms with Crippen LogP contribution in [0.15, 0.2) is 30.3 Å². The Labute approximate surface area is 123 Å². The van der Waals surface area contributed by atoms with Gasteiger partial charge in [0.05, 0.1) is 18.4 Å². The Morgan fingerprint density at radius 1 is 0.955 bits per heavy atom. The minimum absolute atomic E-state index is 0.0781. The topological polar surface area (TPSA) is 147 Å². The fourth-order valence-electron chi connectivity index (χ4n) is 1.44. The summed E-state index contributed by atoms with van der Waals surface area (Å²) in [7, 11) is 0. The van der Waals surface area contributed by atoms with Gasteiger partial charge >= 0.3 is 23.9 Å². The molecule has 118 valence electrons. The van der Waals surface area contributed by atoms with Gasteiger partial charge in [0.15, 0.2) is 5.60 Å². The maximum atomic E-state index is 11.5. The van der Waals surface area contributed by atoms with Gasteiger partial charge in [0, 0.05) is 0 Å². The molecule has 0 fully saturated rings. The van der Waals surface area contributed by atoms with E-state index in [1.165, 1.54) is 24.3 Å². The van der Waals surface area contributed by atoms with Crippen molar-refractivity contribution >= 4 is 23.9 Å². The van der Waals surface area contributed by atoms with Crippen LogP contribution in [0.4, 0.5) is 0 Å². The Hall–Kier alpha value is -2.94. The third-order valence-electron chi connectivity index (χ3n) is 2.50. The molecule has 22 heavy (non-hydrogen) atoms. The molecule has 0 aromatic heterocycles. The molecule has 1 aromatic carbocycles. The summed E-state index contributed by atoms with van der Waals surface area (Å²) in [6.45, 7) is 0. The van der Waals surface area contributed by atoms with Crippen molar-refractivity contribution in [3.05, 3.63) is 35.9 Å². The van der Waals surface area contributed by atoms with Gasteiger partial charge in [-0.1, -0.05) is 18.2 Å². The lowest BCUT2D eigenvalue weighted by molar-refractivity contribution is -0.238. The number of carboxylic acids is 2. The second-order valence-corrected chi connectivity index (χ2v) is 4.28. The Morgan fingerprint density at radius 2 is 1.55 bits per heavy atom. The zero-order valence-corrected chi connectivity index (χ0v) is 11.1. The van der Waals surface area contributed by atoms with Crippen molar-refractivity contribution in [2.45, 2.75) is 18.4 Å². The first kappa shape index (κ1) is 17.1. The molecule has 3 N–H and O–H groups in total. The number of carbonyl (C=O) groups is 4. The smallest absolute Gasteiger partial charge is 0.386 e. The number of carboxylic acid groups (broad SMARTS) is 2. The Morgan fingerprint density at radius 3 is 2.05 bits per heavy atom. The number of hydrogen-bond donors (Lipinski definition) is 3. The first-order valence-electron chi connectivity index (χ1n) is 5.89. The van der Waals surface area contributed by atoms with Crippen LogP contribution in [0.1, 0.15) is 23.2 Å². The van der Waals surface area contributed by atoms with Crippen LogP contribution in [-0.4, -0.2) is 44.8 Å². The van der Waals surface area contributed by atoms with Crippen molar-refractivity contribution < 1.29 is 44.3 Å². The van der Waals surface area contributed by atoms with Crippen molar-refractivity contribution in [2.75, 3.05) is 0 Å². The molecule has 1 rings (SSSR count). The van der Waals surface area contributed by atoms with E-state index < -0.39 is 42.3 Å². The van der Waals surface area contributed by atoms with Crippen LogP contribution in [0.25, 0.3) is 0 Å². The number of rotatable bonds is 6. The van der Waals surface area contributed by atoms with Gasteiger partial charge in [0.25, 0.3) is 0 Å². The van der Waals surface area contributed by atoms with E-state index >= 15 is 0 Å². The molecule has 0 saturated heterocycles. The number of benzene rings is 1. The molecule has 9 heteroatoms. The van der Waals surface area contributed by atoms with Gasteiger partial charge in [-0.05, 0) is 12.1 Å². The predicted octanol–water partition coefficient (Wildman–Crippen LogP) is -0.0179. The van der Waals surface area contributed by atoms with Gasteiger partial charge in [-0.3, -0.25) is 4.79 Å². The van der Waals surface area contributed by atoms with Crippen molar-refractivity contribution in [3.8, 4) is 0 Å². The lowest BCUT2D eigenvalue weighted by Gasteiger charge is -2.19. The summed E-state index contributed by atoms with van der Waals surface area (Å²) in [4.78, 5) is 52.4. The van der Waals surface area contributed by atoms with Crippen LogP contribution >= 0.6 is 0 Å². The van der Waals surface area contributed by atoms with Crippen LogP contribution in [0.5, 0.6) is 0 Å². The van der Waals surface area contributed by atoms with Crippen molar-refractivity contribution in [1.82, 2.24) is 0 Å². The van der Waals surface area contributed by atoms with Gasteiger partial charge in [0.1, 0.15) is 0 Å². The van der Waals surface area contributed by atoms with Crippen molar-refractivity contribution in [3.63, 3.8) is 0 Å². The molecular formula is C13H12O9. The second-order valence-electron chi connectivity index (χ2n) is 4.28. The maximum absolute atomic E-state index is 11.5. The molecule has 0 saturated carbocycles. The van der Waals surface area contributed by atoms with Gasteiger partial charge in [-0.25, -0.2) is 24.2 Å². The molecule has 0 radical (unpaired) electrons. The second kappa shape index (κ2) is 7.18. The third-order valence-corrected chi connectivity index (χ3v) is 2.50. The molecule has 0 heterocycles. The summed E-state index contributed by atoms with van der Waals surface area (Å²) < 4.78 is 0. The van der Waals surface area contributed by atoms with Crippen molar-refractivity contribution in [1.29, 1.82) is 0 Å². The zero-order valence-electron chi connectivity index (χ0n) is 11.1. The van der Waals surface area contributed by atoms with Gasteiger partial charge in [-0.15, -0.1) is 0 Å². The van der Waals surface area contributed by atoms with Crippen LogP contribution < -0.4 is 0 Å². The highest BCUT2D eigenvalue weighted by Gasteiger charge is 2.42. The predicted molar refractivity (Wildman–Crippen MR) is 67.4 cm³/mol. The quantitative estimate of drug-likeness (QED) is 0.487. The van der Waals surface area contributed by atoms with E-state index in [4.69, 9.17) is 10.2 Å². The molecule has 1 unspecified atom stereocenters. The maximum Gasteiger partial charge on any atom is 0.386 e. The Balaban J connectivity index is 2.60. The number of carbonyl (C=O) groups excluding carboxylic acids is 2. The molecule has 1 atom stereocenters. The normalized spacial score (nSPS) is 12.8. The first-order valence-corrected chi connectivity index (χ1v) is 5.89. The van der Waals surface area contributed by atoms with Crippen LogP contribution in [0.3, 0.4) is 0 Å². The minimum Gasteiger partial charge on any atom is -0.481 e. The van der Waals surface area contributed by atoms with E-state index in [1.54, 1.807) is 6.07 Å². The molecule has 0 aliphatic heterocycles. The van der Waals surface area contributed by atoms with Crippen LogP contribution in [-0.2, 0) is 24.2 Å². The van der Waals surface area contributed by atoms with E-state index in [0.29, 0.717) is 0 Å². The van der Waals surface area contributed by atoms with E-state index in [-0.39, 0.29) is 5.56 Å². The highest BCUT2D eigenvalue weighted by Crippen LogP contribution is 2.17. The van der Waals surface area contributed by atoms with E-state index in [9.17, 15) is 24.3 Å². The zero-order chi connectivity index (χ0) is 16.8. The van der Waals surface area contributed by atoms with Crippen molar-refractivity contribution in [2.24, 2.45) is 0 Å².